The van der Waals surface area contributed by atoms with Crippen LogP contribution in [0.3, 0.4) is 0 Å². The SMILES string of the molecule is N#CC1(c2cn3ccccc3n2)CC(=O)C1. The molecule has 1 fully saturated rings. The Hall–Kier alpha value is -2.15. The molecular formula is C12H9N3O. The van der Waals surface area contributed by atoms with Gasteiger partial charge in [0.1, 0.15) is 16.8 Å². The smallest absolute Gasteiger partial charge is 0.137 e. The number of hydrogen-bond donors (Lipinski definition) is 0. The van der Waals surface area contributed by atoms with E-state index < -0.39 is 5.41 Å². The van der Waals surface area contributed by atoms with Gasteiger partial charge in [-0.25, -0.2) is 4.98 Å². The second-order valence-electron chi connectivity index (χ2n) is 4.18. The van der Waals surface area contributed by atoms with Crippen molar-refractivity contribution in [3.8, 4) is 6.07 Å². The highest BCUT2D eigenvalue weighted by Gasteiger charge is 2.47. The molecule has 2 aromatic rings. The van der Waals surface area contributed by atoms with Crippen molar-refractivity contribution in [2.45, 2.75) is 18.3 Å². The van der Waals surface area contributed by atoms with Gasteiger partial charge >= 0.3 is 0 Å². The fraction of sp³-hybridized carbons (Fsp3) is 0.250. The predicted octanol–water partition coefficient (Wildman–Crippen LogP) is 1.46. The minimum Gasteiger partial charge on any atom is -0.307 e. The summed E-state index contributed by atoms with van der Waals surface area (Å²) < 4.78 is 1.87. The van der Waals surface area contributed by atoms with Crippen LogP contribution >= 0.6 is 0 Å². The molecule has 4 heteroatoms. The fourth-order valence-electron chi connectivity index (χ4n) is 2.10. The van der Waals surface area contributed by atoms with Crippen LogP contribution < -0.4 is 0 Å². The van der Waals surface area contributed by atoms with Crippen molar-refractivity contribution in [3.63, 3.8) is 0 Å². The quantitative estimate of drug-likeness (QED) is 0.717. The average Bonchev–Trinajstić information content (AvgIpc) is 2.68. The van der Waals surface area contributed by atoms with E-state index in [1.807, 2.05) is 35.0 Å². The molecule has 0 bridgehead atoms. The minimum absolute atomic E-state index is 0.138. The van der Waals surface area contributed by atoms with Crippen molar-refractivity contribution in [1.29, 1.82) is 5.26 Å². The Labute approximate surface area is 92.1 Å². The van der Waals surface area contributed by atoms with Gasteiger partial charge < -0.3 is 4.40 Å². The van der Waals surface area contributed by atoms with Crippen molar-refractivity contribution >= 4 is 11.4 Å². The number of aromatic nitrogens is 2. The lowest BCUT2D eigenvalue weighted by atomic mass is 9.67. The number of nitrogens with zero attached hydrogens (tertiary/aromatic N) is 3. The van der Waals surface area contributed by atoms with Crippen LogP contribution in [-0.2, 0) is 10.2 Å². The summed E-state index contributed by atoms with van der Waals surface area (Å²) in [7, 11) is 0. The minimum atomic E-state index is -0.677. The number of carbonyl (C=O) groups is 1. The molecule has 0 saturated heterocycles. The van der Waals surface area contributed by atoms with Crippen molar-refractivity contribution in [3.05, 3.63) is 36.3 Å². The van der Waals surface area contributed by atoms with Crippen LogP contribution in [0.1, 0.15) is 18.5 Å². The standard InChI is InChI=1S/C12H9N3O/c13-8-12(5-9(16)6-12)10-7-15-4-2-1-3-11(15)14-10/h1-4,7H,5-6H2. The number of rotatable bonds is 1. The fourth-order valence-corrected chi connectivity index (χ4v) is 2.10. The van der Waals surface area contributed by atoms with E-state index in [9.17, 15) is 10.1 Å². The first kappa shape index (κ1) is 9.10. The molecule has 16 heavy (non-hydrogen) atoms. The van der Waals surface area contributed by atoms with E-state index in [0.29, 0.717) is 18.5 Å². The van der Waals surface area contributed by atoms with Gasteiger partial charge in [-0.2, -0.15) is 5.26 Å². The number of hydrogen-bond acceptors (Lipinski definition) is 3. The number of carbonyl (C=O) groups excluding carboxylic acids is 1. The summed E-state index contributed by atoms with van der Waals surface area (Å²) in [6, 6.07) is 7.92. The maximum Gasteiger partial charge on any atom is 0.137 e. The average molecular weight is 211 g/mol. The molecule has 4 nitrogen and oxygen atoms in total. The summed E-state index contributed by atoms with van der Waals surface area (Å²) in [6.07, 6.45) is 4.32. The molecule has 0 aromatic carbocycles. The normalized spacial score (nSPS) is 18.1. The summed E-state index contributed by atoms with van der Waals surface area (Å²) >= 11 is 0. The molecule has 0 unspecified atom stereocenters. The van der Waals surface area contributed by atoms with Crippen LogP contribution in [0.5, 0.6) is 0 Å². The monoisotopic (exact) mass is 211 g/mol. The maximum absolute atomic E-state index is 11.1. The molecule has 2 heterocycles. The van der Waals surface area contributed by atoms with Crippen LogP contribution in [0.2, 0.25) is 0 Å². The molecule has 3 rings (SSSR count). The van der Waals surface area contributed by atoms with Gasteiger partial charge in [0.25, 0.3) is 0 Å². The van der Waals surface area contributed by atoms with Crippen LogP contribution in [-0.4, -0.2) is 15.2 Å². The zero-order valence-electron chi connectivity index (χ0n) is 8.55. The number of pyridine rings is 1. The van der Waals surface area contributed by atoms with Gasteiger partial charge in [0.15, 0.2) is 0 Å². The van der Waals surface area contributed by atoms with E-state index in [1.54, 1.807) is 0 Å². The molecule has 0 radical (unpaired) electrons. The number of imidazole rings is 1. The third-order valence-electron chi connectivity index (χ3n) is 3.07. The molecule has 1 aliphatic carbocycles. The molecule has 1 aliphatic rings. The van der Waals surface area contributed by atoms with E-state index in [-0.39, 0.29) is 5.78 Å². The zero-order valence-corrected chi connectivity index (χ0v) is 8.55. The lowest BCUT2D eigenvalue weighted by Gasteiger charge is -2.31. The summed E-state index contributed by atoms with van der Waals surface area (Å²) in [5.74, 6) is 0.138. The molecule has 0 spiro atoms. The third-order valence-corrected chi connectivity index (χ3v) is 3.07. The van der Waals surface area contributed by atoms with E-state index in [1.165, 1.54) is 0 Å². The van der Waals surface area contributed by atoms with E-state index in [4.69, 9.17) is 0 Å². The Morgan fingerprint density at radius 3 is 2.88 bits per heavy atom. The molecule has 0 atom stereocenters. The van der Waals surface area contributed by atoms with Crippen LogP contribution in [0.15, 0.2) is 30.6 Å². The zero-order chi connectivity index (χ0) is 11.2. The largest absolute Gasteiger partial charge is 0.307 e. The highest BCUT2D eigenvalue weighted by molar-refractivity contribution is 5.89. The van der Waals surface area contributed by atoms with Gasteiger partial charge in [0.05, 0.1) is 11.8 Å². The maximum atomic E-state index is 11.1. The molecule has 0 amide bonds. The topological polar surface area (TPSA) is 58.2 Å². The Balaban J connectivity index is 2.13. The Bertz CT molecular complexity index is 579. The summed E-state index contributed by atoms with van der Waals surface area (Å²) in [5, 5.41) is 9.18. The van der Waals surface area contributed by atoms with Gasteiger partial charge in [-0.15, -0.1) is 0 Å². The van der Waals surface area contributed by atoms with E-state index >= 15 is 0 Å². The first-order valence-corrected chi connectivity index (χ1v) is 5.11. The first-order chi connectivity index (χ1) is 7.73. The summed E-state index contributed by atoms with van der Waals surface area (Å²) in [6.45, 7) is 0. The lowest BCUT2D eigenvalue weighted by Crippen LogP contribution is -2.40. The first-order valence-electron chi connectivity index (χ1n) is 5.11. The van der Waals surface area contributed by atoms with Gasteiger partial charge in [-0.3, -0.25) is 4.79 Å². The predicted molar refractivity (Wildman–Crippen MR) is 56.7 cm³/mol. The highest BCUT2D eigenvalue weighted by Crippen LogP contribution is 2.39. The van der Waals surface area contributed by atoms with Gasteiger partial charge in [0, 0.05) is 25.2 Å². The number of fused-ring (bicyclic) bond motifs is 1. The van der Waals surface area contributed by atoms with Crippen LogP contribution in [0.4, 0.5) is 0 Å². The van der Waals surface area contributed by atoms with E-state index in [2.05, 4.69) is 11.1 Å². The highest BCUT2D eigenvalue weighted by atomic mass is 16.1. The number of nitriles is 1. The second-order valence-corrected chi connectivity index (χ2v) is 4.18. The Kier molecular flexibility index (Phi) is 1.66. The van der Waals surface area contributed by atoms with E-state index in [0.717, 1.165) is 5.65 Å². The molecule has 78 valence electrons. The van der Waals surface area contributed by atoms with Gasteiger partial charge in [0.2, 0.25) is 0 Å². The molecule has 2 aromatic heterocycles. The molecule has 0 N–H and O–H groups in total. The summed E-state index contributed by atoms with van der Waals surface area (Å²) in [5.41, 5.74) is 0.843. The summed E-state index contributed by atoms with van der Waals surface area (Å²) in [4.78, 5) is 15.5. The van der Waals surface area contributed by atoms with Crippen molar-refractivity contribution in [2.24, 2.45) is 0 Å². The molecule has 1 saturated carbocycles. The second kappa shape index (κ2) is 2.92. The molecular weight excluding hydrogens is 202 g/mol. The van der Waals surface area contributed by atoms with Crippen molar-refractivity contribution in [2.75, 3.05) is 0 Å². The number of ketones is 1. The van der Waals surface area contributed by atoms with Gasteiger partial charge in [-0.1, -0.05) is 6.07 Å². The lowest BCUT2D eigenvalue weighted by molar-refractivity contribution is -0.126. The van der Waals surface area contributed by atoms with Crippen molar-refractivity contribution in [1.82, 2.24) is 9.38 Å². The van der Waals surface area contributed by atoms with Gasteiger partial charge in [-0.05, 0) is 12.1 Å². The Morgan fingerprint density at radius 2 is 2.25 bits per heavy atom. The van der Waals surface area contributed by atoms with Crippen molar-refractivity contribution < 1.29 is 4.79 Å². The van der Waals surface area contributed by atoms with Crippen LogP contribution in [0, 0.1) is 11.3 Å². The third kappa shape index (κ3) is 1.09. The van der Waals surface area contributed by atoms with Crippen LogP contribution in [0.25, 0.3) is 5.65 Å². The Morgan fingerprint density at radius 1 is 1.44 bits per heavy atom. The molecule has 0 aliphatic heterocycles. The number of Topliss-reactive ketones (excluding diaryl/α,β-unsaturated/α-hetero) is 1.